The Labute approximate surface area is 116 Å². The van der Waals surface area contributed by atoms with E-state index in [2.05, 4.69) is 10.3 Å². The molecule has 1 aromatic heterocycles. The molecule has 1 amide bonds. The SMILES string of the molecule is CC(COC1CCOC1)NC(=O)c1csc(CN)n1. The van der Waals surface area contributed by atoms with Gasteiger partial charge in [0.05, 0.1) is 19.3 Å². The second kappa shape index (κ2) is 6.95. The van der Waals surface area contributed by atoms with Gasteiger partial charge < -0.3 is 20.5 Å². The zero-order chi connectivity index (χ0) is 13.7. The molecule has 1 saturated heterocycles. The van der Waals surface area contributed by atoms with Crippen molar-refractivity contribution in [1.29, 1.82) is 0 Å². The van der Waals surface area contributed by atoms with Crippen molar-refractivity contribution < 1.29 is 14.3 Å². The average molecular weight is 285 g/mol. The van der Waals surface area contributed by atoms with Gasteiger partial charge in [-0.3, -0.25) is 4.79 Å². The normalized spacial score (nSPS) is 20.4. The zero-order valence-electron chi connectivity index (χ0n) is 10.9. The monoisotopic (exact) mass is 285 g/mol. The highest BCUT2D eigenvalue weighted by Gasteiger charge is 2.18. The van der Waals surface area contributed by atoms with Crippen LogP contribution in [0.25, 0.3) is 0 Å². The molecule has 2 heterocycles. The summed E-state index contributed by atoms with van der Waals surface area (Å²) in [5.41, 5.74) is 5.88. The van der Waals surface area contributed by atoms with E-state index < -0.39 is 0 Å². The summed E-state index contributed by atoms with van der Waals surface area (Å²) in [6.07, 6.45) is 1.08. The van der Waals surface area contributed by atoms with E-state index >= 15 is 0 Å². The Morgan fingerprint density at radius 2 is 2.63 bits per heavy atom. The van der Waals surface area contributed by atoms with Crippen LogP contribution < -0.4 is 11.1 Å². The predicted molar refractivity (Wildman–Crippen MR) is 72.1 cm³/mol. The van der Waals surface area contributed by atoms with Crippen LogP contribution in [-0.4, -0.2) is 42.9 Å². The molecule has 106 valence electrons. The zero-order valence-corrected chi connectivity index (χ0v) is 11.7. The van der Waals surface area contributed by atoms with Gasteiger partial charge in [-0.05, 0) is 13.3 Å². The van der Waals surface area contributed by atoms with Gasteiger partial charge in [-0.25, -0.2) is 4.98 Å². The molecule has 0 spiro atoms. The number of thiazole rings is 1. The van der Waals surface area contributed by atoms with Gasteiger partial charge in [0.25, 0.3) is 5.91 Å². The second-order valence-corrected chi connectivity index (χ2v) is 5.47. The minimum absolute atomic E-state index is 0.0591. The molecule has 3 N–H and O–H groups in total. The quantitative estimate of drug-likeness (QED) is 0.796. The smallest absolute Gasteiger partial charge is 0.271 e. The van der Waals surface area contributed by atoms with Crippen molar-refractivity contribution >= 4 is 17.2 Å². The molecule has 0 saturated carbocycles. The van der Waals surface area contributed by atoms with Crippen LogP contribution in [-0.2, 0) is 16.0 Å². The van der Waals surface area contributed by atoms with E-state index in [1.54, 1.807) is 5.38 Å². The molecular weight excluding hydrogens is 266 g/mol. The summed E-state index contributed by atoms with van der Waals surface area (Å²) in [6, 6.07) is -0.0591. The fourth-order valence-electron chi connectivity index (χ4n) is 1.77. The minimum atomic E-state index is -0.185. The first-order chi connectivity index (χ1) is 9.19. The van der Waals surface area contributed by atoms with Gasteiger partial charge in [0.15, 0.2) is 0 Å². The Morgan fingerprint density at radius 1 is 1.79 bits per heavy atom. The third-order valence-corrected chi connectivity index (χ3v) is 3.68. The van der Waals surface area contributed by atoms with E-state index in [4.69, 9.17) is 15.2 Å². The lowest BCUT2D eigenvalue weighted by Crippen LogP contribution is -2.37. The van der Waals surface area contributed by atoms with Crippen molar-refractivity contribution in [2.24, 2.45) is 5.73 Å². The fourth-order valence-corrected chi connectivity index (χ4v) is 2.43. The molecular formula is C12H19N3O3S. The van der Waals surface area contributed by atoms with E-state index in [-0.39, 0.29) is 18.1 Å². The van der Waals surface area contributed by atoms with Crippen molar-refractivity contribution in [2.75, 3.05) is 19.8 Å². The molecule has 1 aliphatic heterocycles. The first kappa shape index (κ1) is 14.4. The second-order valence-electron chi connectivity index (χ2n) is 4.52. The molecule has 2 unspecified atom stereocenters. The molecule has 0 aliphatic carbocycles. The molecule has 1 aromatic rings. The van der Waals surface area contributed by atoms with E-state index in [1.165, 1.54) is 11.3 Å². The maximum absolute atomic E-state index is 11.9. The van der Waals surface area contributed by atoms with Gasteiger partial charge in [-0.1, -0.05) is 0 Å². The lowest BCUT2D eigenvalue weighted by molar-refractivity contribution is 0.0318. The van der Waals surface area contributed by atoms with Crippen LogP contribution in [0.15, 0.2) is 5.38 Å². The number of amides is 1. The molecule has 7 heteroatoms. The number of hydrogen-bond acceptors (Lipinski definition) is 6. The van der Waals surface area contributed by atoms with Crippen molar-refractivity contribution in [2.45, 2.75) is 32.0 Å². The van der Waals surface area contributed by atoms with E-state index in [0.717, 1.165) is 18.0 Å². The van der Waals surface area contributed by atoms with Crippen LogP contribution in [0, 0.1) is 0 Å². The van der Waals surface area contributed by atoms with Gasteiger partial charge >= 0.3 is 0 Å². The molecule has 6 nitrogen and oxygen atoms in total. The Hall–Kier alpha value is -1.02. The molecule has 19 heavy (non-hydrogen) atoms. The number of ether oxygens (including phenoxy) is 2. The maximum Gasteiger partial charge on any atom is 0.271 e. The van der Waals surface area contributed by atoms with E-state index in [9.17, 15) is 4.79 Å². The number of carbonyl (C=O) groups is 1. The molecule has 2 rings (SSSR count). The largest absolute Gasteiger partial charge is 0.379 e. The molecule has 0 aromatic carbocycles. The number of aromatic nitrogens is 1. The highest BCUT2D eigenvalue weighted by Crippen LogP contribution is 2.10. The molecule has 2 atom stereocenters. The highest BCUT2D eigenvalue weighted by molar-refractivity contribution is 7.09. The van der Waals surface area contributed by atoms with Gasteiger partial charge in [-0.15, -0.1) is 11.3 Å². The third-order valence-electron chi connectivity index (χ3n) is 2.81. The van der Waals surface area contributed by atoms with Gasteiger partial charge in [0, 0.05) is 24.6 Å². The Morgan fingerprint density at radius 3 is 3.26 bits per heavy atom. The third kappa shape index (κ3) is 4.24. The number of nitrogens with zero attached hydrogens (tertiary/aromatic N) is 1. The minimum Gasteiger partial charge on any atom is -0.379 e. The van der Waals surface area contributed by atoms with Crippen molar-refractivity contribution in [1.82, 2.24) is 10.3 Å². The maximum atomic E-state index is 11.9. The van der Waals surface area contributed by atoms with Gasteiger partial charge in [-0.2, -0.15) is 0 Å². The molecule has 1 aliphatic rings. The molecule has 0 radical (unpaired) electrons. The van der Waals surface area contributed by atoms with Crippen molar-refractivity contribution in [3.05, 3.63) is 16.1 Å². The lowest BCUT2D eigenvalue weighted by atomic mass is 10.3. The van der Waals surface area contributed by atoms with Crippen LogP contribution in [0.1, 0.15) is 28.8 Å². The van der Waals surface area contributed by atoms with Crippen molar-refractivity contribution in [3.63, 3.8) is 0 Å². The van der Waals surface area contributed by atoms with E-state index in [0.29, 0.717) is 25.5 Å². The highest BCUT2D eigenvalue weighted by atomic mass is 32.1. The Balaban J connectivity index is 1.74. The molecule has 1 fully saturated rings. The standard InChI is InChI=1S/C12H19N3O3S/c1-8(5-18-9-2-3-17-6-9)14-12(16)10-7-19-11(4-13)15-10/h7-9H,2-6,13H2,1H3,(H,14,16). The molecule has 0 bridgehead atoms. The van der Waals surface area contributed by atoms with Crippen LogP contribution in [0.5, 0.6) is 0 Å². The Bertz CT molecular complexity index is 418. The van der Waals surface area contributed by atoms with Gasteiger partial charge in [0.2, 0.25) is 0 Å². The van der Waals surface area contributed by atoms with Gasteiger partial charge in [0.1, 0.15) is 10.7 Å². The number of hydrogen-bond donors (Lipinski definition) is 2. The number of nitrogens with one attached hydrogen (secondary N) is 1. The summed E-state index contributed by atoms with van der Waals surface area (Å²) >= 11 is 1.39. The summed E-state index contributed by atoms with van der Waals surface area (Å²) in [7, 11) is 0. The topological polar surface area (TPSA) is 86.5 Å². The Kier molecular flexibility index (Phi) is 5.26. The summed E-state index contributed by atoms with van der Waals surface area (Å²) in [5, 5.41) is 5.34. The number of nitrogens with two attached hydrogens (primary N) is 1. The summed E-state index contributed by atoms with van der Waals surface area (Å²) in [5.74, 6) is -0.185. The summed E-state index contributed by atoms with van der Waals surface area (Å²) in [4.78, 5) is 16.0. The number of carbonyl (C=O) groups excluding carboxylic acids is 1. The average Bonchev–Trinajstić information content (AvgIpc) is 3.07. The van der Waals surface area contributed by atoms with E-state index in [1.807, 2.05) is 6.92 Å². The first-order valence-corrected chi connectivity index (χ1v) is 7.21. The van der Waals surface area contributed by atoms with Crippen molar-refractivity contribution in [3.8, 4) is 0 Å². The number of rotatable bonds is 6. The lowest BCUT2D eigenvalue weighted by Gasteiger charge is -2.16. The van der Waals surface area contributed by atoms with Crippen LogP contribution in [0.2, 0.25) is 0 Å². The summed E-state index contributed by atoms with van der Waals surface area (Å²) in [6.45, 7) is 4.15. The van der Waals surface area contributed by atoms with Crippen LogP contribution >= 0.6 is 11.3 Å². The first-order valence-electron chi connectivity index (χ1n) is 6.33. The van der Waals surface area contributed by atoms with Crippen LogP contribution in [0.4, 0.5) is 0 Å². The summed E-state index contributed by atoms with van der Waals surface area (Å²) < 4.78 is 10.9. The predicted octanol–water partition coefficient (Wildman–Crippen LogP) is 0.526. The van der Waals surface area contributed by atoms with Crippen LogP contribution in [0.3, 0.4) is 0 Å². The fraction of sp³-hybridized carbons (Fsp3) is 0.667.